The molecule has 0 saturated carbocycles. The van der Waals surface area contributed by atoms with Crippen molar-refractivity contribution in [1.29, 1.82) is 5.26 Å². The second kappa shape index (κ2) is 4.49. The zero-order valence-corrected chi connectivity index (χ0v) is 8.68. The first kappa shape index (κ1) is 10.2. The van der Waals surface area contributed by atoms with Gasteiger partial charge in [0.1, 0.15) is 0 Å². The monoisotopic (exact) mass is 213 g/mol. The molecular weight excluding hydrogens is 202 g/mol. The van der Waals surface area contributed by atoms with Crippen molar-refractivity contribution in [2.24, 2.45) is 0 Å². The lowest BCUT2D eigenvalue weighted by atomic mass is 10.2. The minimum absolute atomic E-state index is 0.116. The van der Waals surface area contributed by atoms with Crippen LogP contribution in [0.25, 0.3) is 0 Å². The highest BCUT2D eigenvalue weighted by molar-refractivity contribution is 5.89. The summed E-state index contributed by atoms with van der Waals surface area (Å²) in [6, 6.07) is 8.71. The van der Waals surface area contributed by atoms with Crippen LogP contribution in [0.2, 0.25) is 0 Å². The molecule has 1 N–H and O–H groups in total. The van der Waals surface area contributed by atoms with E-state index in [0.29, 0.717) is 24.3 Å². The van der Waals surface area contributed by atoms with Crippen molar-refractivity contribution in [3.05, 3.63) is 42.0 Å². The van der Waals surface area contributed by atoms with E-state index in [0.717, 1.165) is 0 Å². The molecule has 0 saturated heterocycles. The Morgan fingerprint density at radius 1 is 1.25 bits per heavy atom. The van der Waals surface area contributed by atoms with Crippen LogP contribution in [-0.2, 0) is 0 Å². The fraction of sp³-hybridized carbons (Fsp3) is 0.167. The molecule has 0 aromatic heterocycles. The van der Waals surface area contributed by atoms with Gasteiger partial charge in [0.25, 0.3) is 0 Å². The molecule has 16 heavy (non-hydrogen) atoms. The summed E-state index contributed by atoms with van der Waals surface area (Å²) in [7, 11) is 0. The third-order valence-corrected chi connectivity index (χ3v) is 2.37. The molecule has 0 unspecified atom stereocenters. The number of amides is 2. The van der Waals surface area contributed by atoms with Gasteiger partial charge in [-0.3, -0.25) is 0 Å². The zero-order chi connectivity index (χ0) is 11.4. The molecule has 0 atom stereocenters. The molecule has 2 rings (SSSR count). The highest BCUT2D eigenvalue weighted by Crippen LogP contribution is 2.10. The largest absolute Gasteiger partial charge is 0.322 e. The van der Waals surface area contributed by atoms with E-state index in [1.165, 1.54) is 0 Å². The van der Waals surface area contributed by atoms with Crippen LogP contribution in [-0.4, -0.2) is 24.0 Å². The van der Waals surface area contributed by atoms with Gasteiger partial charge in [-0.25, -0.2) is 4.79 Å². The van der Waals surface area contributed by atoms with Gasteiger partial charge in [0.15, 0.2) is 0 Å². The molecule has 0 aliphatic carbocycles. The smallest absolute Gasteiger partial charge is 0.317 e. The van der Waals surface area contributed by atoms with Gasteiger partial charge in [-0.2, -0.15) is 5.26 Å². The molecule has 0 bridgehead atoms. The lowest BCUT2D eigenvalue weighted by molar-refractivity contribution is 0.224. The normalized spacial score (nSPS) is 13.6. The van der Waals surface area contributed by atoms with Crippen LogP contribution >= 0.6 is 0 Å². The summed E-state index contributed by atoms with van der Waals surface area (Å²) in [5, 5.41) is 11.4. The number of benzene rings is 1. The van der Waals surface area contributed by atoms with Crippen molar-refractivity contribution in [3.63, 3.8) is 0 Å². The van der Waals surface area contributed by atoms with Crippen molar-refractivity contribution >= 4 is 11.7 Å². The molecule has 1 aliphatic rings. The number of rotatable bonds is 1. The molecule has 2 amide bonds. The molecule has 0 spiro atoms. The molecule has 0 radical (unpaired) electrons. The highest BCUT2D eigenvalue weighted by Gasteiger charge is 2.13. The summed E-state index contributed by atoms with van der Waals surface area (Å²) in [5.74, 6) is 0. The van der Waals surface area contributed by atoms with Crippen LogP contribution in [0, 0.1) is 11.3 Å². The highest BCUT2D eigenvalue weighted by atomic mass is 16.2. The SMILES string of the molecule is N#Cc1ccc(NC(=O)N2CC=CC2)cc1. The second-order valence-corrected chi connectivity index (χ2v) is 3.50. The zero-order valence-electron chi connectivity index (χ0n) is 8.68. The predicted octanol–water partition coefficient (Wildman–Crippen LogP) is 1.96. The fourth-order valence-corrected chi connectivity index (χ4v) is 1.47. The van der Waals surface area contributed by atoms with Gasteiger partial charge in [0.05, 0.1) is 11.6 Å². The summed E-state index contributed by atoms with van der Waals surface area (Å²) in [4.78, 5) is 13.4. The minimum Gasteiger partial charge on any atom is -0.317 e. The van der Waals surface area contributed by atoms with E-state index in [-0.39, 0.29) is 6.03 Å². The first-order valence-electron chi connectivity index (χ1n) is 5.00. The number of carbonyl (C=O) groups excluding carboxylic acids is 1. The average Bonchev–Trinajstić information content (AvgIpc) is 2.83. The fourth-order valence-electron chi connectivity index (χ4n) is 1.47. The summed E-state index contributed by atoms with van der Waals surface area (Å²) < 4.78 is 0. The van der Waals surface area contributed by atoms with Crippen LogP contribution in [0.1, 0.15) is 5.56 Å². The molecule has 1 heterocycles. The number of nitrogens with one attached hydrogen (secondary N) is 1. The Hall–Kier alpha value is -2.28. The van der Waals surface area contributed by atoms with Crippen LogP contribution in [0.4, 0.5) is 10.5 Å². The quantitative estimate of drug-likeness (QED) is 0.725. The van der Waals surface area contributed by atoms with E-state index < -0.39 is 0 Å². The van der Waals surface area contributed by atoms with Crippen molar-refractivity contribution in [2.45, 2.75) is 0 Å². The van der Waals surface area contributed by atoms with E-state index in [9.17, 15) is 4.79 Å². The average molecular weight is 213 g/mol. The van der Waals surface area contributed by atoms with Crippen LogP contribution < -0.4 is 5.32 Å². The number of anilines is 1. The van der Waals surface area contributed by atoms with Gasteiger partial charge in [0.2, 0.25) is 0 Å². The van der Waals surface area contributed by atoms with Crippen molar-refractivity contribution in [2.75, 3.05) is 18.4 Å². The minimum atomic E-state index is -0.116. The van der Waals surface area contributed by atoms with E-state index in [4.69, 9.17) is 5.26 Å². The molecule has 0 fully saturated rings. The van der Waals surface area contributed by atoms with Gasteiger partial charge < -0.3 is 10.2 Å². The second-order valence-electron chi connectivity index (χ2n) is 3.50. The lowest BCUT2D eigenvalue weighted by Gasteiger charge is -2.16. The van der Waals surface area contributed by atoms with E-state index in [2.05, 4.69) is 5.32 Å². The maximum Gasteiger partial charge on any atom is 0.322 e. The molecular formula is C12H11N3O. The summed E-state index contributed by atoms with van der Waals surface area (Å²) in [6.45, 7) is 1.31. The topological polar surface area (TPSA) is 56.1 Å². The van der Waals surface area contributed by atoms with Crippen molar-refractivity contribution in [3.8, 4) is 6.07 Å². The summed E-state index contributed by atoms with van der Waals surface area (Å²) in [5.41, 5.74) is 1.29. The Balaban J connectivity index is 1.98. The van der Waals surface area contributed by atoms with Crippen molar-refractivity contribution < 1.29 is 4.79 Å². The number of hydrogen-bond acceptors (Lipinski definition) is 2. The first-order chi connectivity index (χ1) is 7.79. The standard InChI is InChI=1S/C12H11N3O/c13-9-10-3-5-11(6-4-10)14-12(16)15-7-1-2-8-15/h1-6H,7-8H2,(H,14,16). The third kappa shape index (κ3) is 2.20. The molecule has 1 aromatic rings. The Morgan fingerprint density at radius 3 is 2.44 bits per heavy atom. The third-order valence-electron chi connectivity index (χ3n) is 2.37. The number of urea groups is 1. The Bertz CT molecular complexity index is 448. The molecule has 1 aromatic carbocycles. The van der Waals surface area contributed by atoms with E-state index >= 15 is 0 Å². The molecule has 1 aliphatic heterocycles. The Labute approximate surface area is 93.8 Å². The van der Waals surface area contributed by atoms with Crippen LogP contribution in [0.5, 0.6) is 0 Å². The van der Waals surface area contributed by atoms with Gasteiger partial charge in [-0.1, -0.05) is 12.2 Å². The van der Waals surface area contributed by atoms with Crippen molar-refractivity contribution in [1.82, 2.24) is 4.90 Å². The number of nitrogens with zero attached hydrogens (tertiary/aromatic N) is 2. The van der Waals surface area contributed by atoms with Gasteiger partial charge in [-0.15, -0.1) is 0 Å². The van der Waals surface area contributed by atoms with Crippen LogP contribution in [0.3, 0.4) is 0 Å². The molecule has 4 heteroatoms. The lowest BCUT2D eigenvalue weighted by Crippen LogP contribution is -2.32. The van der Waals surface area contributed by atoms with Crippen LogP contribution in [0.15, 0.2) is 36.4 Å². The maximum absolute atomic E-state index is 11.7. The van der Waals surface area contributed by atoms with E-state index in [1.807, 2.05) is 18.2 Å². The maximum atomic E-state index is 11.7. The molecule has 80 valence electrons. The number of carbonyl (C=O) groups is 1. The van der Waals surface area contributed by atoms with Gasteiger partial charge in [0, 0.05) is 18.8 Å². The van der Waals surface area contributed by atoms with Gasteiger partial charge >= 0.3 is 6.03 Å². The molecule has 4 nitrogen and oxygen atoms in total. The van der Waals surface area contributed by atoms with Gasteiger partial charge in [-0.05, 0) is 24.3 Å². The predicted molar refractivity (Wildman–Crippen MR) is 60.9 cm³/mol. The van der Waals surface area contributed by atoms with E-state index in [1.54, 1.807) is 29.2 Å². The Morgan fingerprint density at radius 2 is 1.88 bits per heavy atom. The number of nitriles is 1. The first-order valence-corrected chi connectivity index (χ1v) is 5.00. The summed E-state index contributed by atoms with van der Waals surface area (Å²) >= 11 is 0. The summed E-state index contributed by atoms with van der Waals surface area (Å²) in [6.07, 6.45) is 3.91. The Kier molecular flexibility index (Phi) is 2.88. The number of hydrogen-bond donors (Lipinski definition) is 1.